The number of alkyl halides is 3. The van der Waals surface area contributed by atoms with Crippen LogP contribution in [-0.4, -0.2) is 30.6 Å². The molecule has 4 rings (SSSR count). The highest BCUT2D eigenvalue weighted by Crippen LogP contribution is 2.45. The Morgan fingerprint density at radius 1 is 1.10 bits per heavy atom. The van der Waals surface area contributed by atoms with Crippen LogP contribution in [0.3, 0.4) is 0 Å². The summed E-state index contributed by atoms with van der Waals surface area (Å²) < 4.78 is 46.7. The first-order valence-corrected chi connectivity index (χ1v) is 9.45. The van der Waals surface area contributed by atoms with Crippen LogP contribution in [0.2, 0.25) is 0 Å². The zero-order valence-corrected chi connectivity index (χ0v) is 16.7. The molecule has 0 aliphatic carbocycles. The second-order valence-corrected chi connectivity index (χ2v) is 7.22. The van der Waals surface area contributed by atoms with Crippen molar-refractivity contribution in [2.75, 3.05) is 18.6 Å². The number of hydrogen-bond acceptors (Lipinski definition) is 4. The number of ether oxygens (including phenoxy) is 1. The number of urea groups is 1. The molecule has 0 atom stereocenters. The minimum atomic E-state index is -4.73. The fraction of sp³-hybridized carbons (Fsp3) is 0.227. The first kappa shape index (κ1) is 20.6. The summed E-state index contributed by atoms with van der Waals surface area (Å²) in [6.07, 6.45) is -3.21. The van der Waals surface area contributed by atoms with E-state index in [1.807, 2.05) is 31.2 Å². The van der Waals surface area contributed by atoms with E-state index in [4.69, 9.17) is 4.74 Å². The maximum atomic E-state index is 13.9. The molecule has 31 heavy (non-hydrogen) atoms. The number of nitrogens with zero attached hydrogens (tertiary/aromatic N) is 2. The Balaban J connectivity index is 1.98. The predicted molar refractivity (Wildman–Crippen MR) is 109 cm³/mol. The van der Waals surface area contributed by atoms with E-state index >= 15 is 0 Å². The lowest BCUT2D eigenvalue weighted by atomic mass is 10.0. The van der Waals surface area contributed by atoms with Gasteiger partial charge >= 0.3 is 12.2 Å². The second kappa shape index (κ2) is 7.57. The van der Waals surface area contributed by atoms with Crippen LogP contribution in [0, 0.1) is 6.92 Å². The Morgan fingerprint density at radius 2 is 1.81 bits per heavy atom. The van der Waals surface area contributed by atoms with Crippen molar-refractivity contribution in [1.82, 2.24) is 10.3 Å². The standard InChI is InChI=1S/C22H18F3N3O3/c1-12-3-5-13(6-4-12)14-9-15-19(26-11-14)17(28-8-7-18(29)27-21(28)30)10-16(20(15)31-2)22(23,24)25/h3-6,9-11H,7-8H2,1-2H3,(H,27,29,30). The number of amides is 3. The fourth-order valence-electron chi connectivity index (χ4n) is 3.59. The molecule has 3 amide bonds. The average molecular weight is 429 g/mol. The summed E-state index contributed by atoms with van der Waals surface area (Å²) in [6, 6.07) is 9.10. The van der Waals surface area contributed by atoms with Gasteiger partial charge in [-0.2, -0.15) is 13.2 Å². The lowest BCUT2D eigenvalue weighted by Crippen LogP contribution is -2.49. The number of halogens is 3. The number of fused-ring (bicyclic) bond motifs is 1. The van der Waals surface area contributed by atoms with E-state index < -0.39 is 23.7 Å². The molecule has 0 bridgehead atoms. The SMILES string of the molecule is COc1c(C(F)(F)F)cc(N2CCC(=O)NC2=O)c2ncc(-c3ccc(C)cc3)cc12. The second-order valence-electron chi connectivity index (χ2n) is 7.22. The molecule has 1 aliphatic rings. The Hall–Kier alpha value is -3.62. The van der Waals surface area contributed by atoms with Gasteiger partial charge in [-0.25, -0.2) is 4.79 Å². The van der Waals surface area contributed by atoms with Crippen LogP contribution in [0.15, 0.2) is 42.6 Å². The molecular formula is C22H18F3N3O3. The van der Waals surface area contributed by atoms with Gasteiger partial charge in [-0.1, -0.05) is 29.8 Å². The highest BCUT2D eigenvalue weighted by Gasteiger charge is 2.38. The third kappa shape index (κ3) is 3.78. The summed E-state index contributed by atoms with van der Waals surface area (Å²) in [6.45, 7) is 1.88. The van der Waals surface area contributed by atoms with Gasteiger partial charge in [0.15, 0.2) is 0 Å². The molecule has 6 nitrogen and oxygen atoms in total. The third-order valence-corrected chi connectivity index (χ3v) is 5.14. The van der Waals surface area contributed by atoms with Crippen LogP contribution < -0.4 is 15.0 Å². The largest absolute Gasteiger partial charge is 0.495 e. The fourth-order valence-corrected chi connectivity index (χ4v) is 3.59. The van der Waals surface area contributed by atoms with Gasteiger partial charge in [-0.15, -0.1) is 0 Å². The average Bonchev–Trinajstić information content (AvgIpc) is 2.72. The number of carbonyl (C=O) groups excluding carboxylic acids is 2. The number of aryl methyl sites for hydroxylation is 1. The number of carbonyl (C=O) groups is 2. The van der Waals surface area contributed by atoms with Crippen molar-refractivity contribution in [2.45, 2.75) is 19.5 Å². The Kier molecular flexibility index (Phi) is 5.04. The molecule has 0 unspecified atom stereocenters. The zero-order valence-electron chi connectivity index (χ0n) is 16.7. The van der Waals surface area contributed by atoms with Gasteiger partial charge in [0, 0.05) is 30.1 Å². The van der Waals surface area contributed by atoms with E-state index in [9.17, 15) is 22.8 Å². The molecular weight excluding hydrogens is 411 g/mol. The van der Waals surface area contributed by atoms with Crippen LogP contribution in [0.4, 0.5) is 23.7 Å². The van der Waals surface area contributed by atoms with Crippen LogP contribution in [-0.2, 0) is 11.0 Å². The Morgan fingerprint density at radius 3 is 2.42 bits per heavy atom. The van der Waals surface area contributed by atoms with Crippen LogP contribution >= 0.6 is 0 Å². The number of pyridine rings is 1. The number of methoxy groups -OCH3 is 1. The monoisotopic (exact) mass is 429 g/mol. The molecule has 0 radical (unpaired) electrons. The summed E-state index contributed by atoms with van der Waals surface area (Å²) in [5.41, 5.74) is 1.54. The predicted octanol–water partition coefficient (Wildman–Crippen LogP) is 4.68. The normalized spacial score (nSPS) is 14.7. The number of aromatic nitrogens is 1. The molecule has 9 heteroatoms. The van der Waals surface area contributed by atoms with E-state index in [1.54, 1.807) is 6.07 Å². The first-order valence-electron chi connectivity index (χ1n) is 9.45. The molecule has 160 valence electrons. The first-order chi connectivity index (χ1) is 14.7. The summed E-state index contributed by atoms with van der Waals surface area (Å²) in [4.78, 5) is 29.3. The van der Waals surface area contributed by atoms with Crippen molar-refractivity contribution < 1.29 is 27.5 Å². The Labute approximate surface area is 175 Å². The van der Waals surface area contributed by atoms with Crippen LogP contribution in [0.1, 0.15) is 17.5 Å². The van der Waals surface area contributed by atoms with E-state index in [0.29, 0.717) is 5.56 Å². The van der Waals surface area contributed by atoms with E-state index in [0.717, 1.165) is 29.2 Å². The summed E-state index contributed by atoms with van der Waals surface area (Å²) in [5, 5.41) is 2.25. The van der Waals surface area contributed by atoms with Crippen molar-refractivity contribution in [2.24, 2.45) is 0 Å². The molecule has 2 aromatic carbocycles. The molecule has 3 aromatic rings. The summed E-state index contributed by atoms with van der Waals surface area (Å²) >= 11 is 0. The highest BCUT2D eigenvalue weighted by atomic mass is 19.4. The molecule has 1 fully saturated rings. The van der Waals surface area contributed by atoms with Crippen LogP contribution in [0.5, 0.6) is 5.75 Å². The topological polar surface area (TPSA) is 71.5 Å². The van der Waals surface area contributed by atoms with Gasteiger partial charge in [0.2, 0.25) is 5.91 Å². The molecule has 1 N–H and O–H groups in total. The molecule has 0 saturated carbocycles. The lowest BCUT2D eigenvalue weighted by Gasteiger charge is -2.28. The van der Waals surface area contributed by atoms with E-state index in [1.165, 1.54) is 6.20 Å². The summed E-state index contributed by atoms with van der Waals surface area (Å²) in [5.74, 6) is -0.856. The van der Waals surface area contributed by atoms with E-state index in [-0.39, 0.29) is 35.3 Å². The maximum absolute atomic E-state index is 13.9. The smallest absolute Gasteiger partial charge is 0.420 e. The number of imide groups is 1. The summed E-state index contributed by atoms with van der Waals surface area (Å²) in [7, 11) is 1.16. The van der Waals surface area contributed by atoms with Crippen LogP contribution in [0.25, 0.3) is 22.0 Å². The molecule has 1 aliphatic heterocycles. The number of rotatable bonds is 3. The third-order valence-electron chi connectivity index (χ3n) is 5.14. The highest BCUT2D eigenvalue weighted by molar-refractivity contribution is 6.10. The van der Waals surface area contributed by atoms with Gasteiger partial charge < -0.3 is 4.74 Å². The van der Waals surface area contributed by atoms with Gasteiger partial charge in [-0.05, 0) is 24.6 Å². The lowest BCUT2D eigenvalue weighted by molar-refractivity contribution is -0.138. The van der Waals surface area contributed by atoms with Crippen molar-refractivity contribution in [3.63, 3.8) is 0 Å². The minimum absolute atomic E-state index is 0.0257. The molecule has 1 aromatic heterocycles. The van der Waals surface area contributed by atoms with Crippen molar-refractivity contribution in [1.29, 1.82) is 0 Å². The number of hydrogen-bond donors (Lipinski definition) is 1. The van der Waals surface area contributed by atoms with Crippen molar-refractivity contribution in [3.8, 4) is 16.9 Å². The number of nitrogens with one attached hydrogen (secondary N) is 1. The molecule has 2 heterocycles. The van der Waals surface area contributed by atoms with Gasteiger partial charge in [0.25, 0.3) is 0 Å². The number of anilines is 1. The van der Waals surface area contributed by atoms with Crippen molar-refractivity contribution in [3.05, 3.63) is 53.7 Å². The van der Waals surface area contributed by atoms with Crippen molar-refractivity contribution >= 4 is 28.5 Å². The maximum Gasteiger partial charge on any atom is 0.420 e. The quantitative estimate of drug-likeness (QED) is 0.656. The Bertz CT molecular complexity index is 1190. The molecule has 1 saturated heterocycles. The van der Waals surface area contributed by atoms with Gasteiger partial charge in [-0.3, -0.25) is 20.0 Å². The van der Waals surface area contributed by atoms with Gasteiger partial charge in [0.1, 0.15) is 11.3 Å². The minimum Gasteiger partial charge on any atom is -0.495 e. The van der Waals surface area contributed by atoms with Gasteiger partial charge in [0.05, 0.1) is 18.3 Å². The zero-order chi connectivity index (χ0) is 22.3. The molecule has 0 spiro atoms. The number of benzene rings is 2. The van der Waals surface area contributed by atoms with E-state index in [2.05, 4.69) is 10.3 Å².